The molecular weight excluding hydrogens is 534 g/mol. The highest BCUT2D eigenvalue weighted by molar-refractivity contribution is 9.10. The molecule has 1 fully saturated rings. The number of nitrogens with zero attached hydrogens (tertiary/aromatic N) is 2. The Morgan fingerprint density at radius 3 is 2.35 bits per heavy atom. The smallest absolute Gasteiger partial charge is 0.269 e. The van der Waals surface area contributed by atoms with Crippen molar-refractivity contribution >= 4 is 62.5 Å². The van der Waals surface area contributed by atoms with E-state index in [-0.39, 0.29) is 11.5 Å². The van der Waals surface area contributed by atoms with Gasteiger partial charge in [-0.3, -0.25) is 14.5 Å². The molecular formula is C26H19BrClN3O2S. The lowest BCUT2D eigenvalue weighted by molar-refractivity contribution is -0.117. The fraction of sp³-hybridized carbons (Fsp3) is 0.115. The van der Waals surface area contributed by atoms with Gasteiger partial charge >= 0.3 is 0 Å². The molecule has 0 spiro atoms. The Labute approximate surface area is 215 Å². The molecule has 0 aliphatic carbocycles. The molecule has 0 bridgehead atoms. The number of aryl methyl sites for hydroxylation is 1. The summed E-state index contributed by atoms with van der Waals surface area (Å²) in [5.41, 5.74) is 3.04. The van der Waals surface area contributed by atoms with Gasteiger partial charge in [0.25, 0.3) is 5.91 Å². The number of amides is 2. The molecule has 4 rings (SSSR count). The van der Waals surface area contributed by atoms with E-state index in [4.69, 9.17) is 11.6 Å². The first-order valence-corrected chi connectivity index (χ1v) is 12.4. The van der Waals surface area contributed by atoms with Crippen molar-refractivity contribution in [1.82, 2.24) is 0 Å². The summed E-state index contributed by atoms with van der Waals surface area (Å²) in [6.45, 7) is 1.95. The van der Waals surface area contributed by atoms with Crippen molar-refractivity contribution in [3.63, 3.8) is 0 Å². The van der Waals surface area contributed by atoms with Gasteiger partial charge in [0.1, 0.15) is 16.7 Å². The minimum Gasteiger partial charge on any atom is -0.321 e. The van der Waals surface area contributed by atoms with E-state index < -0.39 is 11.2 Å². The van der Waals surface area contributed by atoms with Crippen LogP contribution in [0, 0.1) is 18.3 Å². The molecule has 170 valence electrons. The normalized spacial score (nSPS) is 16.8. The Kier molecular flexibility index (Phi) is 7.42. The zero-order valence-electron chi connectivity index (χ0n) is 18.1. The molecule has 3 aromatic carbocycles. The maximum atomic E-state index is 13.5. The zero-order chi connectivity index (χ0) is 24.2. The average Bonchev–Trinajstić information content (AvgIpc) is 3.13. The van der Waals surface area contributed by atoms with E-state index in [2.05, 4.69) is 21.2 Å². The number of carbonyl (C=O) groups is 2. The molecule has 1 saturated heterocycles. The Morgan fingerprint density at radius 1 is 1.09 bits per heavy atom. The number of benzene rings is 3. The van der Waals surface area contributed by atoms with Crippen molar-refractivity contribution in [1.29, 1.82) is 5.26 Å². The largest absolute Gasteiger partial charge is 0.321 e. The van der Waals surface area contributed by atoms with Crippen LogP contribution < -0.4 is 10.2 Å². The number of hydrogen-bond donors (Lipinski definition) is 1. The van der Waals surface area contributed by atoms with Crippen LogP contribution in [0.4, 0.5) is 11.4 Å². The Morgan fingerprint density at radius 2 is 1.74 bits per heavy atom. The van der Waals surface area contributed by atoms with Gasteiger partial charge < -0.3 is 5.32 Å². The first-order chi connectivity index (χ1) is 16.4. The maximum Gasteiger partial charge on any atom is 0.269 e. The van der Waals surface area contributed by atoms with Gasteiger partial charge in [-0.25, -0.2) is 0 Å². The van der Waals surface area contributed by atoms with Crippen molar-refractivity contribution in [2.45, 2.75) is 18.6 Å². The molecule has 1 aliphatic heterocycles. The number of thioether (sulfide) groups is 1. The second-order valence-electron chi connectivity index (χ2n) is 7.70. The molecule has 2 amide bonds. The van der Waals surface area contributed by atoms with E-state index in [9.17, 15) is 14.9 Å². The third kappa shape index (κ3) is 5.36. The van der Waals surface area contributed by atoms with Crippen LogP contribution in [-0.4, -0.2) is 17.1 Å². The van der Waals surface area contributed by atoms with Crippen LogP contribution in [0.25, 0.3) is 0 Å². The summed E-state index contributed by atoms with van der Waals surface area (Å²) in [6, 6.07) is 23.8. The Balaban J connectivity index is 1.71. The number of anilines is 2. The van der Waals surface area contributed by atoms with Gasteiger partial charge in [0.05, 0.1) is 5.25 Å². The summed E-state index contributed by atoms with van der Waals surface area (Å²) in [5.74, 6) is -0.758. The van der Waals surface area contributed by atoms with Crippen molar-refractivity contribution in [3.8, 4) is 6.07 Å². The van der Waals surface area contributed by atoms with Gasteiger partial charge in [-0.2, -0.15) is 5.26 Å². The minimum atomic E-state index is -0.565. The van der Waals surface area contributed by atoms with E-state index in [1.54, 1.807) is 36.4 Å². The number of nitriles is 1. The van der Waals surface area contributed by atoms with Gasteiger partial charge in [0.2, 0.25) is 5.91 Å². The standard InChI is InChI=1S/C26H19BrClN3O2S/c1-16-2-10-20(11-3-16)30-24(32)22(15-29)26-31(21-12-8-19(28)9-13-21)25(33)23(34-26)14-17-4-6-18(27)7-5-17/h2-13,23H,14H2,1H3,(H,30,32)/b26-22-. The molecule has 0 aromatic heterocycles. The maximum absolute atomic E-state index is 13.5. The van der Waals surface area contributed by atoms with Crippen LogP contribution in [0.3, 0.4) is 0 Å². The average molecular weight is 553 g/mol. The molecule has 1 unspecified atom stereocenters. The first kappa shape index (κ1) is 24.1. The number of halogens is 2. The molecule has 0 saturated carbocycles. The van der Waals surface area contributed by atoms with Crippen molar-refractivity contribution in [2.24, 2.45) is 0 Å². The second-order valence-corrected chi connectivity index (χ2v) is 10.2. The summed E-state index contributed by atoms with van der Waals surface area (Å²) in [7, 11) is 0. The van der Waals surface area contributed by atoms with Gasteiger partial charge in [-0.1, -0.05) is 69.1 Å². The quantitative estimate of drug-likeness (QED) is 0.291. The van der Waals surface area contributed by atoms with E-state index >= 15 is 0 Å². The van der Waals surface area contributed by atoms with Gasteiger partial charge in [0.15, 0.2) is 0 Å². The third-order valence-corrected chi connectivity index (χ3v) is 7.28. The number of rotatable bonds is 5. The predicted octanol–water partition coefficient (Wildman–Crippen LogP) is 6.48. The van der Waals surface area contributed by atoms with Crippen LogP contribution in [0.5, 0.6) is 0 Å². The molecule has 34 heavy (non-hydrogen) atoms. The van der Waals surface area contributed by atoms with Gasteiger partial charge in [0, 0.05) is 20.9 Å². The Bertz CT molecular complexity index is 1300. The minimum absolute atomic E-state index is 0.118. The fourth-order valence-corrected chi connectivity index (χ4v) is 5.18. The lowest BCUT2D eigenvalue weighted by atomic mass is 10.1. The summed E-state index contributed by atoms with van der Waals surface area (Å²) in [6.07, 6.45) is 0.461. The van der Waals surface area contributed by atoms with E-state index in [1.165, 1.54) is 16.7 Å². The second kappa shape index (κ2) is 10.5. The number of carbonyl (C=O) groups excluding carboxylic acids is 2. The summed E-state index contributed by atoms with van der Waals surface area (Å²) in [5, 5.41) is 13.0. The van der Waals surface area contributed by atoms with Crippen molar-refractivity contribution < 1.29 is 9.59 Å². The molecule has 8 heteroatoms. The monoisotopic (exact) mass is 551 g/mol. The molecule has 3 aromatic rings. The van der Waals surface area contributed by atoms with Gasteiger partial charge in [-0.05, 0) is 67.4 Å². The topological polar surface area (TPSA) is 73.2 Å². The summed E-state index contributed by atoms with van der Waals surface area (Å²) < 4.78 is 0.949. The lowest BCUT2D eigenvalue weighted by Crippen LogP contribution is -2.30. The SMILES string of the molecule is Cc1ccc(NC(=O)/C(C#N)=C2\SC(Cc3ccc(Br)cc3)C(=O)N2c2ccc(Cl)cc2)cc1. The molecule has 1 aliphatic rings. The van der Waals surface area contributed by atoms with Crippen molar-refractivity contribution in [3.05, 3.63) is 104 Å². The number of nitrogens with one attached hydrogen (secondary N) is 1. The van der Waals surface area contributed by atoms with Crippen LogP contribution >= 0.6 is 39.3 Å². The molecule has 0 radical (unpaired) electrons. The van der Waals surface area contributed by atoms with E-state index in [0.29, 0.717) is 27.8 Å². The first-order valence-electron chi connectivity index (χ1n) is 10.4. The predicted molar refractivity (Wildman–Crippen MR) is 141 cm³/mol. The van der Waals surface area contributed by atoms with Gasteiger partial charge in [-0.15, -0.1) is 0 Å². The highest BCUT2D eigenvalue weighted by Crippen LogP contribution is 2.42. The molecule has 1 atom stereocenters. The van der Waals surface area contributed by atoms with Crippen LogP contribution in [0.2, 0.25) is 5.02 Å². The fourth-order valence-electron chi connectivity index (χ4n) is 3.48. The Hall–Kier alpha value is -3.05. The summed E-state index contributed by atoms with van der Waals surface area (Å²) in [4.78, 5) is 28.0. The van der Waals surface area contributed by atoms with Crippen molar-refractivity contribution in [2.75, 3.05) is 10.2 Å². The number of hydrogen-bond acceptors (Lipinski definition) is 4. The highest BCUT2D eigenvalue weighted by atomic mass is 79.9. The van der Waals surface area contributed by atoms with Crippen LogP contribution in [0.15, 0.2) is 87.9 Å². The molecule has 1 N–H and O–H groups in total. The molecule has 1 heterocycles. The highest BCUT2D eigenvalue weighted by Gasteiger charge is 2.40. The summed E-state index contributed by atoms with van der Waals surface area (Å²) >= 11 is 10.7. The van der Waals surface area contributed by atoms with Crippen LogP contribution in [0.1, 0.15) is 11.1 Å². The lowest BCUT2D eigenvalue weighted by Gasteiger charge is -2.19. The third-order valence-electron chi connectivity index (χ3n) is 5.23. The van der Waals surface area contributed by atoms with E-state index in [0.717, 1.165) is 15.6 Å². The van der Waals surface area contributed by atoms with E-state index in [1.807, 2.05) is 49.4 Å². The zero-order valence-corrected chi connectivity index (χ0v) is 21.2. The van der Waals surface area contributed by atoms with Crippen LogP contribution in [-0.2, 0) is 16.0 Å². The molecule has 5 nitrogen and oxygen atoms in total.